The Balaban J connectivity index is 1.98. The first-order valence-electron chi connectivity index (χ1n) is 7.49. The summed E-state index contributed by atoms with van der Waals surface area (Å²) in [7, 11) is 0. The van der Waals surface area contributed by atoms with Crippen LogP contribution < -0.4 is 10.1 Å². The van der Waals surface area contributed by atoms with Crippen molar-refractivity contribution in [2.24, 2.45) is 0 Å². The van der Waals surface area contributed by atoms with Gasteiger partial charge < -0.3 is 10.1 Å². The summed E-state index contributed by atoms with van der Waals surface area (Å²) in [6, 6.07) is 13.0. The van der Waals surface area contributed by atoms with Crippen molar-refractivity contribution >= 4 is 0 Å². The van der Waals surface area contributed by atoms with E-state index in [2.05, 4.69) is 36.3 Å². The van der Waals surface area contributed by atoms with Gasteiger partial charge in [-0.05, 0) is 63.1 Å². The van der Waals surface area contributed by atoms with Gasteiger partial charge in [0.05, 0.1) is 6.10 Å². The molecular weight excluding hydrogens is 260 g/mol. The van der Waals surface area contributed by atoms with Gasteiger partial charge in [0.15, 0.2) is 0 Å². The summed E-state index contributed by atoms with van der Waals surface area (Å²) in [6.07, 6.45) is 3.87. The van der Waals surface area contributed by atoms with Crippen LogP contribution in [0.3, 0.4) is 0 Å². The molecule has 112 valence electrons. The summed E-state index contributed by atoms with van der Waals surface area (Å²) in [4.78, 5) is 4.06. The summed E-state index contributed by atoms with van der Waals surface area (Å²) >= 11 is 0. The van der Waals surface area contributed by atoms with E-state index in [1.165, 1.54) is 11.1 Å². The Kier molecular flexibility index (Phi) is 5.34. The molecule has 0 saturated carbocycles. The Morgan fingerprint density at radius 2 is 1.33 bits per heavy atom. The smallest absolute Gasteiger partial charge is 0.119 e. The highest BCUT2D eigenvalue weighted by Gasteiger charge is 2.11. The normalized spacial score (nSPS) is 14.0. The van der Waals surface area contributed by atoms with Crippen molar-refractivity contribution in [2.75, 3.05) is 0 Å². The zero-order valence-corrected chi connectivity index (χ0v) is 13.2. The molecule has 1 aromatic heterocycles. The van der Waals surface area contributed by atoms with E-state index < -0.39 is 0 Å². The van der Waals surface area contributed by atoms with Crippen molar-refractivity contribution in [2.45, 2.75) is 45.9 Å². The number of nitrogens with one attached hydrogen (secondary N) is 1. The number of hydrogen-bond acceptors (Lipinski definition) is 3. The third kappa shape index (κ3) is 4.57. The number of ether oxygens (including phenoxy) is 1. The minimum atomic E-state index is 0.207. The predicted molar refractivity (Wildman–Crippen MR) is 86.4 cm³/mol. The van der Waals surface area contributed by atoms with Crippen LogP contribution in [-0.4, -0.2) is 11.1 Å². The molecular formula is C18H24N2O. The first-order chi connectivity index (χ1) is 10.1. The van der Waals surface area contributed by atoms with Crippen LogP contribution in [0.25, 0.3) is 0 Å². The molecule has 2 aromatic rings. The van der Waals surface area contributed by atoms with Gasteiger partial charge in [0.25, 0.3) is 0 Å². The van der Waals surface area contributed by atoms with Gasteiger partial charge in [-0.1, -0.05) is 12.1 Å². The third-order valence-corrected chi connectivity index (χ3v) is 3.46. The zero-order chi connectivity index (χ0) is 15.2. The molecule has 2 atom stereocenters. The lowest BCUT2D eigenvalue weighted by molar-refractivity contribution is 0.242. The van der Waals surface area contributed by atoms with Gasteiger partial charge >= 0.3 is 0 Å². The lowest BCUT2D eigenvalue weighted by Crippen LogP contribution is -2.22. The average Bonchev–Trinajstić information content (AvgIpc) is 2.48. The largest absolute Gasteiger partial charge is 0.491 e. The fourth-order valence-electron chi connectivity index (χ4n) is 2.33. The summed E-state index contributed by atoms with van der Waals surface area (Å²) in [5.41, 5.74) is 2.50. The highest BCUT2D eigenvalue weighted by molar-refractivity contribution is 5.29. The maximum absolute atomic E-state index is 5.67. The highest BCUT2D eigenvalue weighted by atomic mass is 16.5. The maximum Gasteiger partial charge on any atom is 0.119 e. The van der Waals surface area contributed by atoms with Gasteiger partial charge in [-0.25, -0.2) is 0 Å². The Bertz CT molecular complexity index is 537. The maximum atomic E-state index is 5.67. The van der Waals surface area contributed by atoms with Crippen LogP contribution in [0, 0.1) is 0 Å². The van der Waals surface area contributed by atoms with E-state index >= 15 is 0 Å². The molecule has 0 spiro atoms. The average molecular weight is 284 g/mol. The first-order valence-corrected chi connectivity index (χ1v) is 7.49. The topological polar surface area (TPSA) is 34.1 Å². The molecule has 2 unspecified atom stereocenters. The van der Waals surface area contributed by atoms with E-state index in [-0.39, 0.29) is 18.2 Å². The number of pyridine rings is 1. The summed E-state index contributed by atoms with van der Waals surface area (Å²) in [5, 5.41) is 3.60. The van der Waals surface area contributed by atoms with Crippen LogP contribution in [0.4, 0.5) is 0 Å². The molecule has 2 rings (SSSR count). The lowest BCUT2D eigenvalue weighted by atomic mass is 10.0. The zero-order valence-electron chi connectivity index (χ0n) is 13.2. The monoisotopic (exact) mass is 284 g/mol. The number of nitrogens with zero attached hydrogens (tertiary/aromatic N) is 1. The Morgan fingerprint density at radius 3 is 1.86 bits per heavy atom. The Labute approximate surface area is 127 Å². The second-order valence-corrected chi connectivity index (χ2v) is 5.63. The molecule has 0 aliphatic carbocycles. The molecule has 0 amide bonds. The van der Waals surface area contributed by atoms with Crippen molar-refractivity contribution in [1.82, 2.24) is 10.3 Å². The first kappa shape index (κ1) is 15.5. The summed E-state index contributed by atoms with van der Waals surface area (Å²) in [6.45, 7) is 8.42. The van der Waals surface area contributed by atoms with Crippen LogP contribution in [0.5, 0.6) is 5.75 Å². The van der Waals surface area contributed by atoms with E-state index in [0.717, 1.165) is 5.75 Å². The highest BCUT2D eigenvalue weighted by Crippen LogP contribution is 2.21. The van der Waals surface area contributed by atoms with E-state index in [1.807, 2.05) is 50.5 Å². The third-order valence-electron chi connectivity index (χ3n) is 3.46. The quantitative estimate of drug-likeness (QED) is 0.859. The van der Waals surface area contributed by atoms with Crippen molar-refractivity contribution in [1.29, 1.82) is 0 Å². The Morgan fingerprint density at radius 1 is 0.810 bits per heavy atom. The second-order valence-electron chi connectivity index (χ2n) is 5.63. The van der Waals surface area contributed by atoms with Crippen LogP contribution in [-0.2, 0) is 0 Å². The van der Waals surface area contributed by atoms with Crippen molar-refractivity contribution in [3.8, 4) is 5.75 Å². The second kappa shape index (κ2) is 7.23. The summed E-state index contributed by atoms with van der Waals surface area (Å²) in [5.74, 6) is 0.920. The van der Waals surface area contributed by atoms with Gasteiger partial charge in [0, 0.05) is 24.5 Å². The SMILES string of the molecule is CC(C)Oc1ccc(C(C)NC(C)c2ccncc2)cc1. The molecule has 0 radical (unpaired) electrons. The molecule has 0 bridgehead atoms. The lowest BCUT2D eigenvalue weighted by Gasteiger charge is -2.21. The molecule has 0 saturated heterocycles. The number of aromatic nitrogens is 1. The van der Waals surface area contributed by atoms with Crippen LogP contribution in [0.1, 0.15) is 50.9 Å². The molecule has 1 N–H and O–H groups in total. The molecule has 0 fully saturated rings. The van der Waals surface area contributed by atoms with E-state index in [1.54, 1.807) is 0 Å². The fraction of sp³-hybridized carbons (Fsp3) is 0.389. The van der Waals surface area contributed by atoms with E-state index in [4.69, 9.17) is 4.74 Å². The van der Waals surface area contributed by atoms with Gasteiger partial charge in [-0.2, -0.15) is 0 Å². The van der Waals surface area contributed by atoms with Crippen molar-refractivity contribution < 1.29 is 4.74 Å². The molecule has 0 aliphatic heterocycles. The molecule has 21 heavy (non-hydrogen) atoms. The summed E-state index contributed by atoms with van der Waals surface area (Å²) < 4.78 is 5.67. The number of rotatable bonds is 6. The molecule has 3 nitrogen and oxygen atoms in total. The van der Waals surface area contributed by atoms with Crippen LogP contribution >= 0.6 is 0 Å². The molecule has 0 aliphatic rings. The van der Waals surface area contributed by atoms with Crippen molar-refractivity contribution in [3.63, 3.8) is 0 Å². The van der Waals surface area contributed by atoms with E-state index in [0.29, 0.717) is 0 Å². The van der Waals surface area contributed by atoms with Crippen LogP contribution in [0.2, 0.25) is 0 Å². The standard InChI is InChI=1S/C18H24N2O/c1-13(2)21-18-7-5-16(6-8-18)14(3)20-15(4)17-9-11-19-12-10-17/h5-15,20H,1-4H3. The Hall–Kier alpha value is -1.87. The van der Waals surface area contributed by atoms with Crippen molar-refractivity contribution in [3.05, 3.63) is 59.9 Å². The van der Waals surface area contributed by atoms with Gasteiger partial charge in [0.1, 0.15) is 5.75 Å². The minimum absolute atomic E-state index is 0.207. The molecule has 1 heterocycles. The fourth-order valence-corrected chi connectivity index (χ4v) is 2.33. The van der Waals surface area contributed by atoms with E-state index in [9.17, 15) is 0 Å². The molecule has 1 aromatic carbocycles. The number of benzene rings is 1. The predicted octanol–water partition coefficient (Wildman–Crippen LogP) is 4.28. The number of hydrogen-bond donors (Lipinski definition) is 1. The van der Waals surface area contributed by atoms with Crippen LogP contribution in [0.15, 0.2) is 48.8 Å². The van der Waals surface area contributed by atoms with Gasteiger partial charge in [-0.15, -0.1) is 0 Å². The molecule has 3 heteroatoms. The minimum Gasteiger partial charge on any atom is -0.491 e. The van der Waals surface area contributed by atoms with Gasteiger partial charge in [0.2, 0.25) is 0 Å². The van der Waals surface area contributed by atoms with Gasteiger partial charge in [-0.3, -0.25) is 4.98 Å².